The SMILES string of the molecule is C[C@@H](CCC(=O)NCC(=O)O)[C@@H]1CC[C@@H]2[C@H]3[C@H](O)C[C@H]4C[C@@H](O)CC[C@]4(C)[C@@H]3CC[C@]21C. The number of hydrogen-bond donors (Lipinski definition) is 4. The second-order valence-corrected chi connectivity index (χ2v) is 12.1. The molecule has 1 amide bonds. The molecule has 4 aliphatic rings. The summed E-state index contributed by atoms with van der Waals surface area (Å²) in [4.78, 5) is 22.7. The molecule has 0 aromatic heterocycles. The van der Waals surface area contributed by atoms with Crippen LogP contribution in [0.3, 0.4) is 0 Å². The highest BCUT2D eigenvalue weighted by atomic mass is 16.4. The summed E-state index contributed by atoms with van der Waals surface area (Å²) in [5.74, 6) is 1.66. The van der Waals surface area contributed by atoms with Crippen LogP contribution in [0, 0.1) is 46.3 Å². The van der Waals surface area contributed by atoms with Gasteiger partial charge in [-0.2, -0.15) is 0 Å². The van der Waals surface area contributed by atoms with E-state index >= 15 is 0 Å². The average Bonchev–Trinajstić information content (AvgIpc) is 3.09. The highest BCUT2D eigenvalue weighted by Gasteiger charge is 2.62. The van der Waals surface area contributed by atoms with E-state index in [2.05, 4.69) is 26.1 Å². The molecule has 4 N–H and O–H groups in total. The van der Waals surface area contributed by atoms with Crippen LogP contribution in [0.5, 0.6) is 0 Å². The summed E-state index contributed by atoms with van der Waals surface area (Å²) in [5.41, 5.74) is 0.451. The van der Waals surface area contributed by atoms with E-state index in [9.17, 15) is 19.8 Å². The van der Waals surface area contributed by atoms with Crippen LogP contribution in [0.4, 0.5) is 0 Å². The van der Waals surface area contributed by atoms with E-state index in [4.69, 9.17) is 5.11 Å². The molecule has 0 unspecified atom stereocenters. The topological polar surface area (TPSA) is 107 Å². The number of aliphatic carboxylic acids is 1. The normalized spacial score (nSPS) is 46.5. The first kappa shape index (κ1) is 24.0. The molecule has 4 aliphatic carbocycles. The lowest BCUT2D eigenvalue weighted by Gasteiger charge is -2.62. The van der Waals surface area contributed by atoms with Crippen LogP contribution in [-0.4, -0.2) is 45.9 Å². The Morgan fingerprint density at radius 2 is 1.69 bits per heavy atom. The fourth-order valence-electron chi connectivity index (χ4n) is 9.00. The maximum Gasteiger partial charge on any atom is 0.322 e. The molecule has 4 fully saturated rings. The van der Waals surface area contributed by atoms with Gasteiger partial charge in [0.1, 0.15) is 6.54 Å². The Morgan fingerprint density at radius 1 is 1.00 bits per heavy atom. The molecule has 4 rings (SSSR count). The van der Waals surface area contributed by atoms with Crippen molar-refractivity contribution in [2.45, 2.75) is 97.2 Å². The zero-order valence-electron chi connectivity index (χ0n) is 20.1. The Labute approximate surface area is 192 Å². The third kappa shape index (κ3) is 4.11. The Hall–Kier alpha value is -1.14. The number of carbonyl (C=O) groups is 2. The highest BCUT2D eigenvalue weighted by molar-refractivity contribution is 5.81. The standard InChI is InChI=1S/C26H43NO5/c1-15(4-7-22(30)27-14-23(31)32)18-5-6-19-24-20(9-11-26(18,19)3)25(2)10-8-17(28)12-16(25)13-21(24)29/h15-21,24,28-29H,4-14H2,1-3H3,(H,27,30)(H,31,32)/t15-,16+,17-,18-,19+,20+,21+,24+,25-,26-/m0/s1. The van der Waals surface area contributed by atoms with Crippen molar-refractivity contribution in [3.63, 3.8) is 0 Å². The van der Waals surface area contributed by atoms with E-state index < -0.39 is 5.97 Å². The van der Waals surface area contributed by atoms with Gasteiger partial charge in [-0.3, -0.25) is 9.59 Å². The van der Waals surface area contributed by atoms with Crippen molar-refractivity contribution < 1.29 is 24.9 Å². The first-order valence-corrected chi connectivity index (χ1v) is 12.9. The summed E-state index contributed by atoms with van der Waals surface area (Å²) in [6, 6.07) is 0. The number of carboxylic acid groups (broad SMARTS) is 1. The van der Waals surface area contributed by atoms with Crippen LogP contribution in [0.15, 0.2) is 0 Å². The van der Waals surface area contributed by atoms with Crippen LogP contribution < -0.4 is 5.32 Å². The monoisotopic (exact) mass is 449 g/mol. The molecule has 6 nitrogen and oxygen atoms in total. The van der Waals surface area contributed by atoms with Crippen molar-refractivity contribution in [3.05, 3.63) is 0 Å². The molecule has 0 radical (unpaired) electrons. The summed E-state index contributed by atoms with van der Waals surface area (Å²) in [5, 5.41) is 32.8. The van der Waals surface area contributed by atoms with E-state index in [0.29, 0.717) is 41.9 Å². The van der Waals surface area contributed by atoms with Crippen molar-refractivity contribution in [3.8, 4) is 0 Å². The molecule has 4 saturated carbocycles. The van der Waals surface area contributed by atoms with E-state index in [0.717, 1.165) is 44.9 Å². The van der Waals surface area contributed by atoms with E-state index in [1.807, 2.05) is 0 Å². The predicted molar refractivity (Wildman–Crippen MR) is 122 cm³/mol. The van der Waals surface area contributed by atoms with Crippen molar-refractivity contribution in [2.75, 3.05) is 6.54 Å². The number of carbonyl (C=O) groups excluding carboxylic acids is 1. The number of aliphatic hydroxyl groups is 2. The summed E-state index contributed by atoms with van der Waals surface area (Å²) in [6.07, 6.45) is 9.06. The number of aliphatic hydroxyl groups excluding tert-OH is 2. The van der Waals surface area contributed by atoms with Gasteiger partial charge in [-0.25, -0.2) is 0 Å². The fourth-order valence-corrected chi connectivity index (χ4v) is 9.00. The van der Waals surface area contributed by atoms with Gasteiger partial charge in [0.2, 0.25) is 5.91 Å². The van der Waals surface area contributed by atoms with Crippen molar-refractivity contribution in [1.29, 1.82) is 0 Å². The lowest BCUT2D eigenvalue weighted by molar-refractivity contribution is -0.174. The van der Waals surface area contributed by atoms with Crippen LogP contribution in [0.1, 0.15) is 85.0 Å². The molecule has 0 bridgehead atoms. The third-order valence-corrected chi connectivity index (χ3v) is 10.7. The second-order valence-electron chi connectivity index (χ2n) is 12.1. The third-order valence-electron chi connectivity index (χ3n) is 10.7. The van der Waals surface area contributed by atoms with Gasteiger partial charge in [0.25, 0.3) is 0 Å². The quantitative estimate of drug-likeness (QED) is 0.496. The van der Waals surface area contributed by atoms with Gasteiger partial charge in [0.15, 0.2) is 0 Å². The number of hydrogen-bond acceptors (Lipinski definition) is 4. The minimum Gasteiger partial charge on any atom is -0.480 e. The predicted octanol–water partition coefficient (Wildman–Crippen LogP) is 3.59. The van der Waals surface area contributed by atoms with Crippen molar-refractivity contribution in [1.82, 2.24) is 5.32 Å². The van der Waals surface area contributed by atoms with Gasteiger partial charge in [-0.15, -0.1) is 0 Å². The average molecular weight is 450 g/mol. The first-order valence-electron chi connectivity index (χ1n) is 12.9. The number of fused-ring (bicyclic) bond motifs is 5. The molecule has 6 heteroatoms. The minimum absolute atomic E-state index is 0.177. The van der Waals surface area contributed by atoms with Crippen molar-refractivity contribution >= 4 is 11.9 Å². The van der Waals surface area contributed by atoms with Gasteiger partial charge in [0.05, 0.1) is 12.2 Å². The van der Waals surface area contributed by atoms with Crippen LogP contribution in [-0.2, 0) is 9.59 Å². The van der Waals surface area contributed by atoms with E-state index in [1.54, 1.807) is 0 Å². The highest BCUT2D eigenvalue weighted by Crippen LogP contribution is 2.68. The summed E-state index contributed by atoms with van der Waals surface area (Å²) >= 11 is 0. The van der Waals surface area contributed by atoms with Gasteiger partial charge in [0, 0.05) is 6.42 Å². The first-order chi connectivity index (χ1) is 15.1. The molecule has 182 valence electrons. The lowest BCUT2D eigenvalue weighted by Crippen LogP contribution is -2.58. The smallest absolute Gasteiger partial charge is 0.322 e. The van der Waals surface area contributed by atoms with E-state index in [-0.39, 0.29) is 35.5 Å². The number of nitrogens with one attached hydrogen (secondary N) is 1. The van der Waals surface area contributed by atoms with Crippen LogP contribution >= 0.6 is 0 Å². The molecule has 0 aromatic carbocycles. The maximum absolute atomic E-state index is 12.0. The molecule has 10 atom stereocenters. The molecular weight excluding hydrogens is 406 g/mol. The molecule has 0 saturated heterocycles. The Balaban J connectivity index is 1.44. The largest absolute Gasteiger partial charge is 0.480 e. The van der Waals surface area contributed by atoms with Crippen LogP contribution in [0.2, 0.25) is 0 Å². The Morgan fingerprint density at radius 3 is 2.41 bits per heavy atom. The summed E-state index contributed by atoms with van der Waals surface area (Å²) in [7, 11) is 0. The summed E-state index contributed by atoms with van der Waals surface area (Å²) < 4.78 is 0. The zero-order valence-corrected chi connectivity index (χ0v) is 20.1. The molecule has 0 spiro atoms. The van der Waals surface area contributed by atoms with Gasteiger partial charge in [-0.1, -0.05) is 20.8 Å². The molecule has 0 aromatic rings. The number of carboxylic acids is 1. The van der Waals surface area contributed by atoms with Gasteiger partial charge in [-0.05, 0) is 104 Å². The molecule has 32 heavy (non-hydrogen) atoms. The van der Waals surface area contributed by atoms with Crippen molar-refractivity contribution in [2.24, 2.45) is 46.3 Å². The van der Waals surface area contributed by atoms with Gasteiger partial charge < -0.3 is 20.6 Å². The maximum atomic E-state index is 12.0. The number of rotatable bonds is 6. The molecule has 0 aliphatic heterocycles. The minimum atomic E-state index is -1.01. The number of amides is 1. The van der Waals surface area contributed by atoms with Gasteiger partial charge >= 0.3 is 5.97 Å². The van der Waals surface area contributed by atoms with E-state index in [1.165, 1.54) is 12.8 Å². The second kappa shape index (κ2) is 8.90. The zero-order chi connectivity index (χ0) is 23.3. The fraction of sp³-hybridized carbons (Fsp3) is 0.923. The molecule has 0 heterocycles. The van der Waals surface area contributed by atoms with Crippen LogP contribution in [0.25, 0.3) is 0 Å². The lowest BCUT2D eigenvalue weighted by atomic mass is 9.43. The summed E-state index contributed by atoms with van der Waals surface area (Å²) in [6.45, 7) is 6.83. The Bertz CT molecular complexity index is 727. The Kier molecular flexibility index (Phi) is 6.68. The molecular formula is C26H43NO5.